The third-order valence-electron chi connectivity index (χ3n) is 1.80. The van der Waals surface area contributed by atoms with Gasteiger partial charge in [-0.2, -0.15) is 0 Å². The van der Waals surface area contributed by atoms with Crippen LogP contribution in [0.5, 0.6) is 0 Å². The maximum atomic E-state index is 10.8. The lowest BCUT2D eigenvalue weighted by Gasteiger charge is -1.96. The van der Waals surface area contributed by atoms with Crippen LogP contribution >= 0.6 is 0 Å². The minimum Gasteiger partial charge on any atom is -0.388 e. The molecule has 2 rings (SSSR count). The molecular weight excluding hydrogens is 200 g/mol. The number of carbonyl (C=O) groups is 1. The summed E-state index contributed by atoms with van der Waals surface area (Å²) in [4.78, 5) is 24.9. The zero-order valence-corrected chi connectivity index (χ0v) is 7.56. The van der Waals surface area contributed by atoms with E-state index in [1.165, 1.54) is 0 Å². The van der Waals surface area contributed by atoms with Gasteiger partial charge in [0.15, 0.2) is 11.5 Å². The third kappa shape index (κ3) is 1.46. The van der Waals surface area contributed by atoms with E-state index >= 15 is 0 Å². The Hall–Kier alpha value is -2.22. The average molecular weight is 208 g/mol. The molecule has 0 aromatic carbocycles. The SMILES string of the molecule is NC(=O)c1nc(N)c2[nH]c(CO)nc2n1. The van der Waals surface area contributed by atoms with Crippen molar-refractivity contribution < 1.29 is 9.90 Å². The molecule has 0 aliphatic carbocycles. The molecule has 0 saturated carbocycles. The summed E-state index contributed by atoms with van der Waals surface area (Å²) >= 11 is 0. The quantitative estimate of drug-likeness (QED) is 0.474. The van der Waals surface area contributed by atoms with E-state index in [4.69, 9.17) is 16.6 Å². The number of amides is 1. The molecule has 8 heteroatoms. The number of nitrogens with one attached hydrogen (secondary N) is 1. The van der Waals surface area contributed by atoms with Gasteiger partial charge >= 0.3 is 0 Å². The number of aliphatic hydroxyl groups excluding tert-OH is 1. The van der Waals surface area contributed by atoms with Gasteiger partial charge in [-0.3, -0.25) is 4.79 Å². The number of nitrogens with zero attached hydrogens (tertiary/aromatic N) is 3. The minimum atomic E-state index is -0.780. The van der Waals surface area contributed by atoms with Gasteiger partial charge in [-0.05, 0) is 0 Å². The fourth-order valence-corrected chi connectivity index (χ4v) is 1.15. The van der Waals surface area contributed by atoms with Crippen LogP contribution in [0.1, 0.15) is 16.4 Å². The van der Waals surface area contributed by atoms with Crippen molar-refractivity contribution in [3.05, 3.63) is 11.6 Å². The van der Waals surface area contributed by atoms with E-state index in [0.717, 1.165) is 0 Å². The van der Waals surface area contributed by atoms with Crippen LogP contribution in [0, 0.1) is 0 Å². The van der Waals surface area contributed by atoms with Gasteiger partial charge in [-0.25, -0.2) is 15.0 Å². The van der Waals surface area contributed by atoms with Gasteiger partial charge in [0.1, 0.15) is 17.9 Å². The lowest BCUT2D eigenvalue weighted by atomic mass is 10.4. The summed E-state index contributed by atoms with van der Waals surface area (Å²) in [6, 6.07) is 0. The van der Waals surface area contributed by atoms with Crippen molar-refractivity contribution in [3.63, 3.8) is 0 Å². The summed E-state index contributed by atoms with van der Waals surface area (Å²) in [7, 11) is 0. The molecule has 0 saturated heterocycles. The first-order valence-electron chi connectivity index (χ1n) is 4.04. The van der Waals surface area contributed by atoms with E-state index in [9.17, 15) is 4.79 Å². The molecule has 0 bridgehead atoms. The number of H-pyrrole nitrogens is 1. The molecule has 78 valence electrons. The highest BCUT2D eigenvalue weighted by molar-refractivity contribution is 5.92. The number of nitrogens with two attached hydrogens (primary N) is 2. The number of anilines is 1. The Kier molecular flexibility index (Phi) is 1.97. The Morgan fingerprint density at radius 2 is 2.13 bits per heavy atom. The summed E-state index contributed by atoms with van der Waals surface area (Å²) in [5, 5.41) is 8.83. The predicted octanol–water partition coefficient (Wildman–Crippen LogP) is -1.47. The number of nitrogen functional groups attached to an aromatic ring is 1. The third-order valence-corrected chi connectivity index (χ3v) is 1.80. The topological polar surface area (TPSA) is 144 Å². The Morgan fingerprint density at radius 3 is 2.73 bits per heavy atom. The molecule has 0 unspecified atom stereocenters. The largest absolute Gasteiger partial charge is 0.388 e. The predicted molar refractivity (Wildman–Crippen MR) is 50.5 cm³/mol. The maximum Gasteiger partial charge on any atom is 0.286 e. The molecule has 0 atom stereocenters. The smallest absolute Gasteiger partial charge is 0.286 e. The normalized spacial score (nSPS) is 10.7. The average Bonchev–Trinajstić information content (AvgIpc) is 2.61. The summed E-state index contributed by atoms with van der Waals surface area (Å²) < 4.78 is 0. The highest BCUT2D eigenvalue weighted by Gasteiger charge is 2.12. The molecule has 8 nitrogen and oxygen atoms in total. The Balaban J connectivity index is 2.70. The van der Waals surface area contributed by atoms with E-state index in [2.05, 4.69) is 19.9 Å². The summed E-state index contributed by atoms with van der Waals surface area (Å²) in [6.45, 7) is -0.276. The van der Waals surface area contributed by atoms with Crippen LogP contribution in [0.4, 0.5) is 5.82 Å². The highest BCUT2D eigenvalue weighted by Crippen LogP contribution is 2.14. The first-order chi connectivity index (χ1) is 7.11. The molecule has 2 heterocycles. The second-order valence-corrected chi connectivity index (χ2v) is 2.84. The summed E-state index contributed by atoms with van der Waals surface area (Å²) in [5.41, 5.74) is 11.1. The second-order valence-electron chi connectivity index (χ2n) is 2.84. The molecule has 0 aliphatic rings. The Morgan fingerprint density at radius 1 is 1.40 bits per heavy atom. The van der Waals surface area contributed by atoms with Crippen molar-refractivity contribution in [2.75, 3.05) is 5.73 Å². The van der Waals surface area contributed by atoms with Gasteiger partial charge in [-0.15, -0.1) is 0 Å². The number of fused-ring (bicyclic) bond motifs is 1. The highest BCUT2D eigenvalue weighted by atomic mass is 16.3. The monoisotopic (exact) mass is 208 g/mol. The van der Waals surface area contributed by atoms with Gasteiger partial charge in [0, 0.05) is 0 Å². The van der Waals surface area contributed by atoms with Crippen LogP contribution in [-0.4, -0.2) is 30.9 Å². The van der Waals surface area contributed by atoms with Crippen LogP contribution < -0.4 is 11.5 Å². The van der Waals surface area contributed by atoms with Crippen molar-refractivity contribution in [2.24, 2.45) is 5.73 Å². The molecule has 0 fully saturated rings. The number of hydrogen-bond acceptors (Lipinski definition) is 6. The molecule has 6 N–H and O–H groups in total. The number of aliphatic hydroxyl groups is 1. The van der Waals surface area contributed by atoms with E-state index in [1.54, 1.807) is 0 Å². The van der Waals surface area contributed by atoms with Gasteiger partial charge in [-0.1, -0.05) is 0 Å². The lowest BCUT2D eigenvalue weighted by Crippen LogP contribution is -2.16. The molecule has 0 radical (unpaired) electrons. The number of carbonyl (C=O) groups excluding carboxylic acids is 1. The van der Waals surface area contributed by atoms with Crippen LogP contribution in [0.2, 0.25) is 0 Å². The standard InChI is InChI=1S/C7H8N6O2/c8-4-3-6(11-2(1-14)10-3)13-7(12-4)5(9)15/h14H,1H2,(H2,9,15)(H3,8,10,11,12,13). The van der Waals surface area contributed by atoms with E-state index in [0.29, 0.717) is 11.3 Å². The van der Waals surface area contributed by atoms with E-state index < -0.39 is 5.91 Å². The van der Waals surface area contributed by atoms with Crippen molar-refractivity contribution in [3.8, 4) is 0 Å². The van der Waals surface area contributed by atoms with Crippen molar-refractivity contribution in [1.82, 2.24) is 19.9 Å². The maximum absolute atomic E-state index is 10.8. The number of imidazole rings is 1. The molecule has 2 aromatic heterocycles. The van der Waals surface area contributed by atoms with Crippen molar-refractivity contribution >= 4 is 22.9 Å². The van der Waals surface area contributed by atoms with Gasteiger partial charge < -0.3 is 21.6 Å². The summed E-state index contributed by atoms with van der Waals surface area (Å²) in [6.07, 6.45) is 0. The van der Waals surface area contributed by atoms with E-state index in [1.807, 2.05) is 0 Å². The number of aromatic amines is 1. The zero-order valence-electron chi connectivity index (χ0n) is 7.56. The van der Waals surface area contributed by atoms with Crippen LogP contribution in [0.15, 0.2) is 0 Å². The summed E-state index contributed by atoms with van der Waals surface area (Å²) in [5.74, 6) is -0.609. The lowest BCUT2D eigenvalue weighted by molar-refractivity contribution is 0.0991. The van der Waals surface area contributed by atoms with Crippen LogP contribution in [-0.2, 0) is 6.61 Å². The molecule has 2 aromatic rings. The molecular formula is C7H8N6O2. The van der Waals surface area contributed by atoms with Crippen molar-refractivity contribution in [2.45, 2.75) is 6.61 Å². The van der Waals surface area contributed by atoms with Crippen LogP contribution in [0.25, 0.3) is 11.2 Å². The van der Waals surface area contributed by atoms with Crippen LogP contribution in [0.3, 0.4) is 0 Å². The fraction of sp³-hybridized carbons (Fsp3) is 0.143. The molecule has 1 amide bonds. The van der Waals surface area contributed by atoms with Crippen molar-refractivity contribution in [1.29, 1.82) is 0 Å². The minimum absolute atomic E-state index is 0.0704. The first kappa shape index (κ1) is 9.34. The van der Waals surface area contributed by atoms with Gasteiger partial charge in [0.25, 0.3) is 5.91 Å². The van der Waals surface area contributed by atoms with E-state index in [-0.39, 0.29) is 23.9 Å². The Labute approximate surface area is 83.3 Å². The Bertz CT molecular complexity index is 534. The number of rotatable bonds is 2. The number of primary amides is 1. The molecule has 0 aliphatic heterocycles. The van der Waals surface area contributed by atoms with Gasteiger partial charge in [0.2, 0.25) is 5.82 Å². The zero-order chi connectivity index (χ0) is 11.0. The number of hydrogen-bond donors (Lipinski definition) is 4. The molecule has 0 spiro atoms. The molecule has 15 heavy (non-hydrogen) atoms. The first-order valence-corrected chi connectivity index (χ1v) is 4.04. The van der Waals surface area contributed by atoms with Gasteiger partial charge in [0.05, 0.1) is 0 Å². The fourth-order valence-electron chi connectivity index (χ4n) is 1.15. The number of aromatic nitrogens is 4. The second kappa shape index (κ2) is 3.17.